The van der Waals surface area contributed by atoms with Crippen LogP contribution >= 0.6 is 11.8 Å². The molecule has 0 aliphatic rings. The molecule has 1 N–H and O–H groups in total. The Labute approximate surface area is 151 Å². The van der Waals surface area contributed by atoms with Gasteiger partial charge in [-0.2, -0.15) is 16.9 Å². The van der Waals surface area contributed by atoms with Gasteiger partial charge in [0.15, 0.2) is 0 Å². The Morgan fingerprint density at radius 1 is 1.32 bits per heavy atom. The van der Waals surface area contributed by atoms with Gasteiger partial charge in [0.25, 0.3) is 5.91 Å². The van der Waals surface area contributed by atoms with Crippen LogP contribution in [0.15, 0.2) is 30.3 Å². The van der Waals surface area contributed by atoms with Gasteiger partial charge in [-0.1, -0.05) is 6.07 Å². The van der Waals surface area contributed by atoms with Crippen LogP contribution in [0.1, 0.15) is 28.2 Å². The zero-order valence-corrected chi connectivity index (χ0v) is 15.7. The second kappa shape index (κ2) is 8.71. The molecular weight excluding hydrogens is 338 g/mol. The molecule has 1 aromatic heterocycles. The van der Waals surface area contributed by atoms with Crippen LogP contribution in [-0.4, -0.2) is 46.8 Å². The highest BCUT2D eigenvalue weighted by molar-refractivity contribution is 7.98. The van der Waals surface area contributed by atoms with Crippen molar-refractivity contribution in [2.75, 3.05) is 19.1 Å². The summed E-state index contributed by atoms with van der Waals surface area (Å²) in [6.07, 6.45) is 2.48. The third-order valence-electron chi connectivity index (χ3n) is 3.76. The first-order valence-electron chi connectivity index (χ1n) is 7.97. The van der Waals surface area contributed by atoms with Crippen molar-refractivity contribution in [3.8, 4) is 5.69 Å². The molecule has 0 bridgehead atoms. The van der Waals surface area contributed by atoms with Crippen LogP contribution in [-0.2, 0) is 9.53 Å². The number of methoxy groups -OCH3 is 1. The van der Waals surface area contributed by atoms with E-state index in [-0.39, 0.29) is 5.91 Å². The summed E-state index contributed by atoms with van der Waals surface area (Å²) < 4.78 is 6.57. The van der Waals surface area contributed by atoms with Crippen molar-refractivity contribution >= 4 is 23.6 Å². The average molecular weight is 361 g/mol. The fourth-order valence-corrected chi connectivity index (χ4v) is 3.01. The number of aromatic nitrogens is 2. The van der Waals surface area contributed by atoms with Crippen LogP contribution < -0.4 is 5.32 Å². The van der Waals surface area contributed by atoms with Crippen LogP contribution in [0, 0.1) is 13.8 Å². The molecule has 1 aromatic carbocycles. The van der Waals surface area contributed by atoms with Crippen LogP contribution in [0.5, 0.6) is 0 Å². The highest BCUT2D eigenvalue weighted by atomic mass is 32.2. The number of esters is 1. The number of carbonyl (C=O) groups is 2. The summed E-state index contributed by atoms with van der Waals surface area (Å²) in [6.45, 7) is 3.88. The minimum Gasteiger partial charge on any atom is -0.467 e. The molecule has 2 rings (SSSR count). The Morgan fingerprint density at radius 3 is 2.68 bits per heavy atom. The second-order valence-electron chi connectivity index (χ2n) is 5.72. The van der Waals surface area contributed by atoms with Gasteiger partial charge in [-0.25, -0.2) is 9.48 Å². The summed E-state index contributed by atoms with van der Waals surface area (Å²) in [4.78, 5) is 24.4. The SMILES string of the molecule is COC(=O)[C@@H](CCSC)NC(=O)c1cccc(-n2nc(C)cc2C)c1. The van der Waals surface area contributed by atoms with Crippen LogP contribution in [0.4, 0.5) is 0 Å². The van der Waals surface area contributed by atoms with Crippen LogP contribution in [0.25, 0.3) is 5.69 Å². The Morgan fingerprint density at radius 2 is 2.08 bits per heavy atom. The lowest BCUT2D eigenvalue weighted by Gasteiger charge is -2.16. The third-order valence-corrected chi connectivity index (χ3v) is 4.41. The van der Waals surface area contributed by atoms with Gasteiger partial charge in [0.1, 0.15) is 6.04 Å². The van der Waals surface area contributed by atoms with Crippen molar-refractivity contribution in [1.82, 2.24) is 15.1 Å². The van der Waals surface area contributed by atoms with Crippen molar-refractivity contribution in [2.24, 2.45) is 0 Å². The first kappa shape index (κ1) is 19.1. The minimum absolute atomic E-state index is 0.306. The molecule has 0 saturated carbocycles. The molecule has 2 aromatic rings. The number of rotatable bonds is 7. The van der Waals surface area contributed by atoms with E-state index in [1.807, 2.05) is 32.2 Å². The number of hydrogen-bond acceptors (Lipinski definition) is 5. The number of amides is 1. The highest BCUT2D eigenvalue weighted by Crippen LogP contribution is 2.14. The fraction of sp³-hybridized carbons (Fsp3) is 0.389. The van der Waals surface area contributed by atoms with Gasteiger partial charge in [-0.05, 0) is 56.5 Å². The first-order chi connectivity index (χ1) is 12.0. The Hall–Kier alpha value is -2.28. The van der Waals surface area contributed by atoms with Gasteiger partial charge >= 0.3 is 5.97 Å². The molecule has 134 valence electrons. The molecule has 0 fully saturated rings. The van der Waals surface area contributed by atoms with E-state index in [1.54, 1.807) is 34.6 Å². The summed E-state index contributed by atoms with van der Waals surface area (Å²) in [6, 6.07) is 8.49. The maximum Gasteiger partial charge on any atom is 0.328 e. The van der Waals surface area contributed by atoms with Gasteiger partial charge in [-0.3, -0.25) is 4.79 Å². The van der Waals surface area contributed by atoms with E-state index >= 15 is 0 Å². The summed E-state index contributed by atoms with van der Waals surface area (Å²) in [5.41, 5.74) is 3.18. The number of nitrogens with zero attached hydrogens (tertiary/aromatic N) is 2. The van der Waals surface area contributed by atoms with E-state index in [0.717, 1.165) is 22.8 Å². The molecule has 0 saturated heterocycles. The van der Waals surface area contributed by atoms with Gasteiger partial charge < -0.3 is 10.1 Å². The number of carbonyl (C=O) groups excluding carboxylic acids is 2. The monoisotopic (exact) mass is 361 g/mol. The summed E-state index contributed by atoms with van der Waals surface area (Å²) in [7, 11) is 1.32. The molecule has 0 aliphatic heterocycles. The molecule has 1 heterocycles. The third kappa shape index (κ3) is 4.85. The van der Waals surface area contributed by atoms with Gasteiger partial charge in [-0.15, -0.1) is 0 Å². The second-order valence-corrected chi connectivity index (χ2v) is 6.71. The number of hydrogen-bond donors (Lipinski definition) is 1. The van der Waals surface area contributed by atoms with E-state index < -0.39 is 12.0 Å². The van der Waals surface area contributed by atoms with E-state index in [2.05, 4.69) is 10.4 Å². The van der Waals surface area contributed by atoms with Gasteiger partial charge in [0.2, 0.25) is 0 Å². The highest BCUT2D eigenvalue weighted by Gasteiger charge is 2.22. The number of benzene rings is 1. The zero-order valence-electron chi connectivity index (χ0n) is 14.9. The number of thioether (sulfide) groups is 1. The van der Waals surface area contributed by atoms with E-state index in [9.17, 15) is 9.59 Å². The van der Waals surface area contributed by atoms with Crippen LogP contribution in [0.3, 0.4) is 0 Å². The number of nitrogens with one attached hydrogen (secondary N) is 1. The lowest BCUT2D eigenvalue weighted by atomic mass is 10.1. The lowest BCUT2D eigenvalue weighted by Crippen LogP contribution is -2.42. The number of ether oxygens (including phenoxy) is 1. The van der Waals surface area contributed by atoms with E-state index in [4.69, 9.17) is 4.74 Å². The molecule has 1 amide bonds. The molecule has 25 heavy (non-hydrogen) atoms. The predicted octanol–water partition coefficient (Wildman–Crippen LogP) is 2.51. The molecule has 0 unspecified atom stereocenters. The minimum atomic E-state index is -0.651. The molecular formula is C18H23N3O3S. The van der Waals surface area contributed by atoms with Gasteiger partial charge in [0.05, 0.1) is 18.5 Å². The van der Waals surface area contributed by atoms with Crippen molar-refractivity contribution in [3.05, 3.63) is 47.3 Å². The quantitative estimate of drug-likeness (QED) is 0.767. The van der Waals surface area contributed by atoms with Crippen LogP contribution in [0.2, 0.25) is 0 Å². The Balaban J connectivity index is 2.20. The maximum absolute atomic E-state index is 12.6. The number of aryl methyl sites for hydroxylation is 2. The van der Waals surface area contributed by atoms with Crippen molar-refractivity contribution in [3.63, 3.8) is 0 Å². The average Bonchev–Trinajstić information content (AvgIpc) is 2.96. The molecule has 0 radical (unpaired) electrons. The largest absolute Gasteiger partial charge is 0.467 e. The topological polar surface area (TPSA) is 73.2 Å². The molecule has 1 atom stereocenters. The lowest BCUT2D eigenvalue weighted by molar-refractivity contribution is -0.142. The van der Waals surface area contributed by atoms with Crippen molar-refractivity contribution in [2.45, 2.75) is 26.3 Å². The molecule has 7 heteroatoms. The van der Waals surface area contributed by atoms with Crippen molar-refractivity contribution in [1.29, 1.82) is 0 Å². The Bertz CT molecular complexity index is 758. The standard InChI is InChI=1S/C18H23N3O3S/c1-12-10-13(2)21(20-12)15-7-5-6-14(11-15)17(22)19-16(8-9-25-4)18(23)24-3/h5-7,10-11,16H,8-9H2,1-4H3,(H,19,22)/t16-/m1/s1. The smallest absolute Gasteiger partial charge is 0.328 e. The summed E-state index contributed by atoms with van der Waals surface area (Å²) >= 11 is 1.61. The van der Waals surface area contributed by atoms with Gasteiger partial charge in [0, 0.05) is 11.3 Å². The summed E-state index contributed by atoms with van der Waals surface area (Å²) in [5, 5.41) is 7.19. The predicted molar refractivity (Wildman–Crippen MR) is 99.3 cm³/mol. The summed E-state index contributed by atoms with van der Waals surface area (Å²) in [5.74, 6) is 0.0169. The van der Waals surface area contributed by atoms with E-state index in [1.165, 1.54) is 7.11 Å². The van der Waals surface area contributed by atoms with E-state index in [0.29, 0.717) is 12.0 Å². The van der Waals surface area contributed by atoms with Crippen molar-refractivity contribution < 1.29 is 14.3 Å². The maximum atomic E-state index is 12.6. The molecule has 6 nitrogen and oxygen atoms in total. The zero-order chi connectivity index (χ0) is 18.4. The fourth-order valence-electron chi connectivity index (χ4n) is 2.54. The normalized spacial score (nSPS) is 11.8. The molecule has 0 spiro atoms. The Kier molecular flexibility index (Phi) is 6.64. The molecule has 0 aliphatic carbocycles. The first-order valence-corrected chi connectivity index (χ1v) is 9.37.